The van der Waals surface area contributed by atoms with Crippen molar-refractivity contribution in [2.75, 3.05) is 6.61 Å². The molecule has 2 aromatic carbocycles. The molecule has 0 unspecified atom stereocenters. The fourth-order valence-corrected chi connectivity index (χ4v) is 2.15. The Balaban J connectivity index is 1.81. The lowest BCUT2D eigenvalue weighted by atomic mass is 10.1. The molecule has 2 aromatic rings. The summed E-state index contributed by atoms with van der Waals surface area (Å²) in [7, 11) is 0. The smallest absolute Gasteiger partial charge is 0.220 e. The maximum Gasteiger partial charge on any atom is 0.220 e. The molecule has 4 heteroatoms. The summed E-state index contributed by atoms with van der Waals surface area (Å²) < 4.78 is 18.3. The van der Waals surface area contributed by atoms with E-state index in [9.17, 15) is 9.18 Å². The Morgan fingerprint density at radius 3 is 2.59 bits per heavy atom. The molecular formula is C18H20FNO2. The van der Waals surface area contributed by atoms with Gasteiger partial charge in [0.25, 0.3) is 0 Å². The van der Waals surface area contributed by atoms with Crippen LogP contribution in [0.25, 0.3) is 0 Å². The lowest BCUT2D eigenvalue weighted by Crippen LogP contribution is -2.23. The van der Waals surface area contributed by atoms with Crippen LogP contribution < -0.4 is 10.1 Å². The van der Waals surface area contributed by atoms with Gasteiger partial charge in [0, 0.05) is 13.0 Å². The molecule has 0 aromatic heterocycles. The number of hydrogen-bond donors (Lipinski definition) is 1. The van der Waals surface area contributed by atoms with Crippen LogP contribution in [0.1, 0.15) is 24.5 Å². The van der Waals surface area contributed by atoms with Gasteiger partial charge in [-0.05, 0) is 42.7 Å². The van der Waals surface area contributed by atoms with Gasteiger partial charge in [0.15, 0.2) is 0 Å². The zero-order chi connectivity index (χ0) is 15.8. The van der Waals surface area contributed by atoms with E-state index in [0.29, 0.717) is 26.0 Å². The molecule has 0 aliphatic carbocycles. The van der Waals surface area contributed by atoms with Crippen molar-refractivity contribution in [2.45, 2.75) is 26.3 Å². The number of carbonyl (C=O) groups is 1. The third kappa shape index (κ3) is 4.88. The van der Waals surface area contributed by atoms with Gasteiger partial charge in [0.1, 0.15) is 11.6 Å². The van der Waals surface area contributed by atoms with Crippen LogP contribution in [0.5, 0.6) is 5.75 Å². The van der Waals surface area contributed by atoms with Crippen LogP contribution in [0.3, 0.4) is 0 Å². The predicted molar refractivity (Wildman–Crippen MR) is 84.2 cm³/mol. The summed E-state index contributed by atoms with van der Waals surface area (Å²) in [5.74, 6) is 0.523. The number of aryl methyl sites for hydroxylation is 1. The van der Waals surface area contributed by atoms with Gasteiger partial charge in [0.05, 0.1) is 6.61 Å². The van der Waals surface area contributed by atoms with Gasteiger partial charge in [-0.3, -0.25) is 4.79 Å². The maximum atomic E-state index is 12.8. The van der Waals surface area contributed by atoms with E-state index in [1.807, 2.05) is 31.2 Å². The first-order valence-corrected chi connectivity index (χ1v) is 7.41. The molecule has 0 bridgehead atoms. The quantitative estimate of drug-likeness (QED) is 0.850. The van der Waals surface area contributed by atoms with Crippen LogP contribution in [-0.2, 0) is 17.8 Å². The zero-order valence-corrected chi connectivity index (χ0v) is 12.6. The van der Waals surface area contributed by atoms with Crippen molar-refractivity contribution in [1.29, 1.82) is 0 Å². The van der Waals surface area contributed by atoms with Gasteiger partial charge in [-0.2, -0.15) is 0 Å². The van der Waals surface area contributed by atoms with Crippen LogP contribution in [0.4, 0.5) is 4.39 Å². The second kappa shape index (κ2) is 8.17. The van der Waals surface area contributed by atoms with Crippen molar-refractivity contribution >= 4 is 5.91 Å². The monoisotopic (exact) mass is 301 g/mol. The molecule has 1 N–H and O–H groups in total. The minimum atomic E-state index is -0.275. The topological polar surface area (TPSA) is 38.3 Å². The van der Waals surface area contributed by atoms with E-state index >= 15 is 0 Å². The highest BCUT2D eigenvalue weighted by Crippen LogP contribution is 2.19. The summed E-state index contributed by atoms with van der Waals surface area (Å²) in [6.45, 7) is 2.95. The first-order valence-electron chi connectivity index (χ1n) is 7.41. The Morgan fingerprint density at radius 2 is 1.86 bits per heavy atom. The van der Waals surface area contributed by atoms with Crippen molar-refractivity contribution in [2.24, 2.45) is 0 Å². The first kappa shape index (κ1) is 16.0. The molecule has 22 heavy (non-hydrogen) atoms. The van der Waals surface area contributed by atoms with Crippen molar-refractivity contribution in [3.8, 4) is 5.75 Å². The van der Waals surface area contributed by atoms with E-state index in [1.54, 1.807) is 12.1 Å². The van der Waals surface area contributed by atoms with Gasteiger partial charge in [-0.1, -0.05) is 30.3 Å². The molecule has 1 amide bonds. The standard InChI is InChI=1S/C18H20FNO2/c1-2-22-17-6-4-3-5-15(17)9-12-18(21)20-13-14-7-10-16(19)11-8-14/h3-8,10-11H,2,9,12-13H2,1H3,(H,20,21). The van der Waals surface area contributed by atoms with Crippen LogP contribution in [0, 0.1) is 5.82 Å². The fraction of sp³-hybridized carbons (Fsp3) is 0.278. The van der Waals surface area contributed by atoms with E-state index in [2.05, 4.69) is 5.32 Å². The summed E-state index contributed by atoms with van der Waals surface area (Å²) in [6, 6.07) is 13.9. The number of carbonyl (C=O) groups excluding carboxylic acids is 1. The average Bonchev–Trinajstić information content (AvgIpc) is 2.54. The van der Waals surface area contributed by atoms with Gasteiger partial charge < -0.3 is 10.1 Å². The summed E-state index contributed by atoms with van der Waals surface area (Å²) in [4.78, 5) is 11.9. The molecule has 0 spiro atoms. The molecule has 0 atom stereocenters. The molecule has 116 valence electrons. The Bertz CT molecular complexity index is 611. The molecule has 3 nitrogen and oxygen atoms in total. The molecule has 0 heterocycles. The summed E-state index contributed by atoms with van der Waals surface area (Å²) in [5, 5.41) is 2.84. The Hall–Kier alpha value is -2.36. The van der Waals surface area contributed by atoms with E-state index in [0.717, 1.165) is 16.9 Å². The number of halogens is 1. The zero-order valence-electron chi connectivity index (χ0n) is 12.6. The van der Waals surface area contributed by atoms with Crippen LogP contribution >= 0.6 is 0 Å². The second-order valence-corrected chi connectivity index (χ2v) is 4.94. The third-order valence-corrected chi connectivity index (χ3v) is 3.30. The maximum absolute atomic E-state index is 12.8. The van der Waals surface area contributed by atoms with E-state index in [-0.39, 0.29) is 11.7 Å². The molecule has 0 saturated carbocycles. The number of benzene rings is 2. The normalized spacial score (nSPS) is 10.3. The van der Waals surface area contributed by atoms with Gasteiger partial charge >= 0.3 is 0 Å². The summed E-state index contributed by atoms with van der Waals surface area (Å²) in [6.07, 6.45) is 1.02. The van der Waals surface area contributed by atoms with Crippen LogP contribution in [0.2, 0.25) is 0 Å². The predicted octanol–water partition coefficient (Wildman–Crippen LogP) is 3.47. The largest absolute Gasteiger partial charge is 0.494 e. The van der Waals surface area contributed by atoms with Crippen LogP contribution in [-0.4, -0.2) is 12.5 Å². The number of amides is 1. The summed E-state index contributed by atoms with van der Waals surface area (Å²) in [5.41, 5.74) is 1.91. The molecular weight excluding hydrogens is 281 g/mol. The SMILES string of the molecule is CCOc1ccccc1CCC(=O)NCc1ccc(F)cc1. The average molecular weight is 301 g/mol. The van der Waals surface area contributed by atoms with Crippen molar-refractivity contribution < 1.29 is 13.9 Å². The summed E-state index contributed by atoms with van der Waals surface area (Å²) >= 11 is 0. The van der Waals surface area contributed by atoms with Gasteiger partial charge in [-0.15, -0.1) is 0 Å². The van der Waals surface area contributed by atoms with E-state index in [4.69, 9.17) is 4.74 Å². The molecule has 0 saturated heterocycles. The Labute approximate surface area is 130 Å². The van der Waals surface area contributed by atoms with Gasteiger partial charge in [0.2, 0.25) is 5.91 Å². The Morgan fingerprint density at radius 1 is 1.14 bits per heavy atom. The molecule has 0 aliphatic heterocycles. The number of nitrogens with one attached hydrogen (secondary N) is 1. The van der Waals surface area contributed by atoms with E-state index < -0.39 is 0 Å². The number of para-hydroxylation sites is 1. The molecule has 0 radical (unpaired) electrons. The third-order valence-electron chi connectivity index (χ3n) is 3.30. The lowest BCUT2D eigenvalue weighted by molar-refractivity contribution is -0.121. The van der Waals surface area contributed by atoms with E-state index in [1.165, 1.54) is 12.1 Å². The number of hydrogen-bond acceptors (Lipinski definition) is 2. The number of rotatable bonds is 7. The van der Waals surface area contributed by atoms with Crippen LogP contribution in [0.15, 0.2) is 48.5 Å². The molecule has 0 fully saturated rings. The number of ether oxygens (including phenoxy) is 1. The first-order chi connectivity index (χ1) is 10.7. The minimum absolute atomic E-state index is 0.0318. The highest BCUT2D eigenvalue weighted by molar-refractivity contribution is 5.76. The van der Waals surface area contributed by atoms with Crippen molar-refractivity contribution in [3.63, 3.8) is 0 Å². The Kier molecular flexibility index (Phi) is 5.95. The molecule has 2 rings (SSSR count). The highest BCUT2D eigenvalue weighted by atomic mass is 19.1. The highest BCUT2D eigenvalue weighted by Gasteiger charge is 2.06. The van der Waals surface area contributed by atoms with Crippen molar-refractivity contribution in [3.05, 3.63) is 65.5 Å². The molecule has 0 aliphatic rings. The lowest BCUT2D eigenvalue weighted by Gasteiger charge is -2.10. The van der Waals surface area contributed by atoms with Gasteiger partial charge in [-0.25, -0.2) is 4.39 Å². The fourth-order valence-electron chi connectivity index (χ4n) is 2.15. The second-order valence-electron chi connectivity index (χ2n) is 4.94. The minimum Gasteiger partial charge on any atom is -0.494 e. The van der Waals surface area contributed by atoms with Crippen molar-refractivity contribution in [1.82, 2.24) is 5.32 Å².